The molecule has 0 aliphatic rings. The molecule has 2 heterocycles. The molecule has 5 nitrogen and oxygen atoms in total. The van der Waals surface area contributed by atoms with Crippen molar-refractivity contribution in [1.82, 2.24) is 20.2 Å². The van der Waals surface area contributed by atoms with Crippen molar-refractivity contribution in [2.75, 3.05) is 5.73 Å². The molecule has 0 saturated heterocycles. The molecule has 0 bridgehead atoms. The molecule has 0 aliphatic carbocycles. The molecule has 0 amide bonds. The number of aromatic amines is 1. The Morgan fingerprint density at radius 3 is 2.89 bits per heavy atom. The van der Waals surface area contributed by atoms with Crippen LogP contribution in [0.25, 0.3) is 22.3 Å². The second-order valence-corrected chi connectivity index (χ2v) is 3.99. The van der Waals surface area contributed by atoms with Crippen molar-refractivity contribution >= 4 is 16.9 Å². The topological polar surface area (TPSA) is 80.5 Å². The third-order valence-corrected chi connectivity index (χ3v) is 2.87. The highest BCUT2D eigenvalue weighted by Gasteiger charge is 2.13. The van der Waals surface area contributed by atoms with Gasteiger partial charge in [0, 0.05) is 5.39 Å². The minimum absolute atomic E-state index is 0.0889. The summed E-state index contributed by atoms with van der Waals surface area (Å²) in [5.74, 6) is -0.206. The number of nitrogens with zero attached hydrogens (tertiary/aromatic N) is 3. The van der Waals surface area contributed by atoms with Gasteiger partial charge in [-0.1, -0.05) is 12.1 Å². The molecule has 0 spiro atoms. The number of aromatic nitrogens is 4. The summed E-state index contributed by atoms with van der Waals surface area (Å²) in [6.07, 6.45) is 1.49. The van der Waals surface area contributed by atoms with Gasteiger partial charge in [-0.2, -0.15) is 5.10 Å². The van der Waals surface area contributed by atoms with Crippen LogP contribution in [-0.4, -0.2) is 20.2 Å². The highest BCUT2D eigenvalue weighted by molar-refractivity contribution is 5.90. The number of hydrogen-bond donors (Lipinski definition) is 2. The summed E-state index contributed by atoms with van der Waals surface area (Å²) in [5, 5.41) is 8.16. The second kappa shape index (κ2) is 3.76. The van der Waals surface area contributed by atoms with Crippen LogP contribution in [0.5, 0.6) is 0 Å². The number of fused-ring (bicyclic) bond motifs is 1. The van der Waals surface area contributed by atoms with E-state index in [1.54, 1.807) is 6.07 Å². The van der Waals surface area contributed by atoms with Gasteiger partial charge < -0.3 is 10.7 Å². The zero-order valence-electron chi connectivity index (χ0n) is 9.61. The fraction of sp³-hybridized carbons (Fsp3) is 0.0833. The van der Waals surface area contributed by atoms with E-state index >= 15 is 0 Å². The molecule has 3 N–H and O–H groups in total. The van der Waals surface area contributed by atoms with Gasteiger partial charge >= 0.3 is 0 Å². The average Bonchev–Trinajstić information content (AvgIpc) is 2.69. The zero-order chi connectivity index (χ0) is 12.7. The Bertz CT molecular complexity index is 734. The first-order valence-electron chi connectivity index (χ1n) is 5.39. The van der Waals surface area contributed by atoms with Crippen molar-refractivity contribution in [2.24, 2.45) is 0 Å². The van der Waals surface area contributed by atoms with Gasteiger partial charge in [-0.05, 0) is 18.6 Å². The summed E-state index contributed by atoms with van der Waals surface area (Å²) in [6.45, 7) is 1.89. The molecule has 2 aromatic heterocycles. The van der Waals surface area contributed by atoms with Gasteiger partial charge in [0.05, 0.1) is 17.4 Å². The molecular formula is C12H10FN5. The molecule has 0 atom stereocenters. The van der Waals surface area contributed by atoms with E-state index in [1.807, 2.05) is 13.0 Å². The van der Waals surface area contributed by atoms with Crippen LogP contribution in [-0.2, 0) is 0 Å². The minimum atomic E-state index is -0.295. The number of nitrogens with one attached hydrogen (secondary N) is 1. The number of anilines is 1. The molecule has 0 aliphatic heterocycles. The second-order valence-electron chi connectivity index (χ2n) is 3.99. The van der Waals surface area contributed by atoms with Crippen molar-refractivity contribution < 1.29 is 4.39 Å². The Hall–Kier alpha value is -2.50. The summed E-state index contributed by atoms with van der Waals surface area (Å²) in [5.41, 5.74) is 8.12. The molecule has 0 fully saturated rings. The first-order chi connectivity index (χ1) is 8.66. The number of nitrogens with two attached hydrogens (primary N) is 1. The number of H-pyrrole nitrogens is 1. The predicted octanol–water partition coefficient (Wildman–Crippen LogP) is 2.05. The first-order valence-corrected chi connectivity index (χ1v) is 5.39. The maximum absolute atomic E-state index is 13.7. The molecule has 3 rings (SSSR count). The van der Waals surface area contributed by atoms with Gasteiger partial charge in [-0.15, -0.1) is 5.10 Å². The predicted molar refractivity (Wildman–Crippen MR) is 66.2 cm³/mol. The van der Waals surface area contributed by atoms with Crippen LogP contribution in [0.4, 0.5) is 10.3 Å². The average molecular weight is 243 g/mol. The van der Waals surface area contributed by atoms with E-state index in [0.717, 1.165) is 10.9 Å². The number of halogens is 1. The highest BCUT2D eigenvalue weighted by atomic mass is 19.1. The summed E-state index contributed by atoms with van der Waals surface area (Å²) < 4.78 is 13.7. The van der Waals surface area contributed by atoms with Crippen molar-refractivity contribution in [1.29, 1.82) is 0 Å². The number of rotatable bonds is 1. The monoisotopic (exact) mass is 243 g/mol. The number of nitrogen functional groups attached to an aromatic ring is 1. The van der Waals surface area contributed by atoms with Gasteiger partial charge in [0.2, 0.25) is 5.95 Å². The van der Waals surface area contributed by atoms with Crippen molar-refractivity contribution in [2.45, 2.75) is 6.92 Å². The van der Waals surface area contributed by atoms with Gasteiger partial charge in [0.15, 0.2) is 0 Å². The smallest absolute Gasteiger partial charge is 0.240 e. The maximum atomic E-state index is 13.7. The summed E-state index contributed by atoms with van der Waals surface area (Å²) >= 11 is 0. The standard InChI is InChI=1S/C12H10FN5/c1-6-7-3-2-4-8(13)11(7)17-10(6)9-5-15-18-12(14)16-9/h2-5,17H,1H3,(H2,14,16,18). The lowest BCUT2D eigenvalue weighted by molar-refractivity contribution is 0.637. The third-order valence-electron chi connectivity index (χ3n) is 2.87. The van der Waals surface area contributed by atoms with E-state index in [-0.39, 0.29) is 11.8 Å². The Balaban J connectivity index is 2.30. The van der Waals surface area contributed by atoms with Crippen molar-refractivity contribution in [3.63, 3.8) is 0 Å². The zero-order valence-corrected chi connectivity index (χ0v) is 9.61. The third kappa shape index (κ3) is 1.50. The van der Waals surface area contributed by atoms with Crippen LogP contribution in [0.1, 0.15) is 5.56 Å². The Labute approximate surface area is 102 Å². The molecular weight excluding hydrogens is 233 g/mol. The van der Waals surface area contributed by atoms with E-state index in [0.29, 0.717) is 16.9 Å². The molecule has 6 heteroatoms. The Morgan fingerprint density at radius 2 is 2.17 bits per heavy atom. The van der Waals surface area contributed by atoms with Gasteiger partial charge in [-0.3, -0.25) is 0 Å². The summed E-state index contributed by atoms with van der Waals surface area (Å²) in [7, 11) is 0. The SMILES string of the molecule is Cc1c(-c2cnnc(N)n2)[nH]c2c(F)cccc12. The van der Waals surface area contributed by atoms with E-state index in [2.05, 4.69) is 20.2 Å². The van der Waals surface area contributed by atoms with Gasteiger partial charge in [-0.25, -0.2) is 9.37 Å². The first kappa shape index (κ1) is 10.6. The lowest BCUT2D eigenvalue weighted by Crippen LogP contribution is -1.98. The molecule has 18 heavy (non-hydrogen) atoms. The number of benzene rings is 1. The minimum Gasteiger partial charge on any atom is -0.366 e. The summed E-state index contributed by atoms with van der Waals surface area (Å²) in [4.78, 5) is 7.09. The van der Waals surface area contributed by atoms with Crippen LogP contribution >= 0.6 is 0 Å². The van der Waals surface area contributed by atoms with Gasteiger partial charge in [0.1, 0.15) is 11.5 Å². The van der Waals surface area contributed by atoms with Crippen LogP contribution in [0.3, 0.4) is 0 Å². The lowest BCUT2D eigenvalue weighted by atomic mass is 10.1. The van der Waals surface area contributed by atoms with E-state index < -0.39 is 0 Å². The largest absolute Gasteiger partial charge is 0.366 e. The fourth-order valence-corrected chi connectivity index (χ4v) is 2.01. The number of para-hydroxylation sites is 1. The van der Waals surface area contributed by atoms with Crippen molar-refractivity contribution in [3.05, 3.63) is 35.8 Å². The lowest BCUT2D eigenvalue weighted by Gasteiger charge is -1.98. The summed E-state index contributed by atoms with van der Waals surface area (Å²) in [6, 6.07) is 4.94. The van der Waals surface area contributed by atoms with E-state index in [1.165, 1.54) is 12.3 Å². The fourth-order valence-electron chi connectivity index (χ4n) is 2.01. The Kier molecular flexibility index (Phi) is 2.22. The van der Waals surface area contributed by atoms with E-state index in [4.69, 9.17) is 5.73 Å². The molecule has 90 valence electrons. The van der Waals surface area contributed by atoms with Crippen LogP contribution in [0.15, 0.2) is 24.4 Å². The Morgan fingerprint density at radius 1 is 1.33 bits per heavy atom. The quantitative estimate of drug-likeness (QED) is 0.685. The maximum Gasteiger partial charge on any atom is 0.240 e. The number of hydrogen-bond acceptors (Lipinski definition) is 4. The van der Waals surface area contributed by atoms with Gasteiger partial charge in [0.25, 0.3) is 0 Å². The molecule has 3 aromatic rings. The molecule has 0 radical (unpaired) electrons. The van der Waals surface area contributed by atoms with Crippen LogP contribution < -0.4 is 5.73 Å². The van der Waals surface area contributed by atoms with Crippen LogP contribution in [0.2, 0.25) is 0 Å². The normalized spacial score (nSPS) is 11.0. The molecule has 0 unspecified atom stereocenters. The molecule has 0 saturated carbocycles. The van der Waals surface area contributed by atoms with E-state index in [9.17, 15) is 4.39 Å². The number of aryl methyl sites for hydroxylation is 1. The van der Waals surface area contributed by atoms with Crippen molar-refractivity contribution in [3.8, 4) is 11.4 Å². The molecule has 1 aromatic carbocycles. The highest BCUT2D eigenvalue weighted by Crippen LogP contribution is 2.29. The van der Waals surface area contributed by atoms with Crippen LogP contribution in [0, 0.1) is 12.7 Å².